The first-order chi connectivity index (χ1) is 8.58. The van der Waals surface area contributed by atoms with Gasteiger partial charge in [-0.25, -0.2) is 0 Å². The highest BCUT2D eigenvalue weighted by Gasteiger charge is 2.15. The van der Waals surface area contributed by atoms with E-state index in [9.17, 15) is 0 Å². The average Bonchev–Trinajstić information content (AvgIpc) is 2.85. The van der Waals surface area contributed by atoms with E-state index in [0.717, 1.165) is 16.3 Å². The molecule has 0 fully saturated rings. The third kappa shape index (κ3) is 1.62. The fourth-order valence-electron chi connectivity index (χ4n) is 2.12. The molecule has 0 aliphatic heterocycles. The van der Waals surface area contributed by atoms with Crippen molar-refractivity contribution in [3.63, 3.8) is 0 Å². The van der Waals surface area contributed by atoms with Crippen LogP contribution in [0, 0.1) is 0 Å². The van der Waals surface area contributed by atoms with E-state index in [0.29, 0.717) is 5.92 Å². The van der Waals surface area contributed by atoms with Gasteiger partial charge in [-0.2, -0.15) is 0 Å². The Morgan fingerprint density at radius 2 is 2.00 bits per heavy atom. The lowest BCUT2D eigenvalue weighted by Crippen LogP contribution is -2.09. The van der Waals surface area contributed by atoms with Crippen LogP contribution in [0.15, 0.2) is 18.2 Å². The Morgan fingerprint density at radius 1 is 1.22 bits per heavy atom. The molecule has 1 aromatic carbocycles. The van der Waals surface area contributed by atoms with Crippen LogP contribution in [0.4, 0.5) is 0 Å². The Hall–Kier alpha value is -1.46. The van der Waals surface area contributed by atoms with Gasteiger partial charge < -0.3 is 5.73 Å². The smallest absolute Gasteiger partial charge is 0.217 e. The molecule has 0 radical (unpaired) electrons. The predicted octanol–water partition coefficient (Wildman–Crippen LogP) is 3.09. The van der Waals surface area contributed by atoms with Gasteiger partial charge in [-0.15, -0.1) is 10.2 Å². The van der Waals surface area contributed by atoms with Crippen LogP contribution in [0.3, 0.4) is 0 Å². The molecule has 2 heterocycles. The van der Waals surface area contributed by atoms with Crippen molar-refractivity contribution >= 4 is 26.5 Å². The van der Waals surface area contributed by atoms with E-state index in [-0.39, 0.29) is 6.04 Å². The fourth-order valence-corrected chi connectivity index (χ4v) is 3.14. The normalized spacial score (nSPS) is 13.8. The zero-order valence-electron chi connectivity index (χ0n) is 10.7. The number of fused-ring (bicyclic) bond motifs is 3. The molecule has 0 bridgehead atoms. The molecular formula is C13H16N4S. The number of thiazole rings is 1. The molecule has 0 saturated carbocycles. The van der Waals surface area contributed by atoms with Crippen molar-refractivity contribution < 1.29 is 0 Å². The summed E-state index contributed by atoms with van der Waals surface area (Å²) in [5.74, 6) is 1.36. The summed E-state index contributed by atoms with van der Waals surface area (Å²) in [7, 11) is 0. The second-order valence-electron chi connectivity index (χ2n) is 4.95. The van der Waals surface area contributed by atoms with Gasteiger partial charge in [0.05, 0.1) is 16.3 Å². The molecule has 1 atom stereocenters. The minimum atomic E-state index is -0.109. The molecule has 0 amide bonds. The van der Waals surface area contributed by atoms with Crippen molar-refractivity contribution in [1.82, 2.24) is 14.6 Å². The summed E-state index contributed by atoms with van der Waals surface area (Å²) in [5, 5.41) is 8.36. The summed E-state index contributed by atoms with van der Waals surface area (Å²) in [6.45, 7) is 6.34. The van der Waals surface area contributed by atoms with Gasteiger partial charge in [0.15, 0.2) is 5.82 Å². The van der Waals surface area contributed by atoms with E-state index >= 15 is 0 Å². The first-order valence-corrected chi connectivity index (χ1v) is 6.92. The monoisotopic (exact) mass is 260 g/mol. The van der Waals surface area contributed by atoms with Crippen LogP contribution in [0.5, 0.6) is 0 Å². The lowest BCUT2D eigenvalue weighted by atomic mass is 10.0. The van der Waals surface area contributed by atoms with Crippen LogP contribution in [0.2, 0.25) is 0 Å². The molecule has 1 unspecified atom stereocenters. The van der Waals surface area contributed by atoms with Gasteiger partial charge in [-0.3, -0.25) is 4.40 Å². The van der Waals surface area contributed by atoms with Crippen molar-refractivity contribution in [2.45, 2.75) is 32.7 Å². The van der Waals surface area contributed by atoms with Crippen LogP contribution in [0.1, 0.15) is 44.1 Å². The summed E-state index contributed by atoms with van der Waals surface area (Å²) in [5.41, 5.74) is 8.43. The molecule has 0 saturated heterocycles. The quantitative estimate of drug-likeness (QED) is 0.770. The third-order valence-corrected chi connectivity index (χ3v) is 4.15. The topological polar surface area (TPSA) is 56.2 Å². The van der Waals surface area contributed by atoms with E-state index < -0.39 is 0 Å². The van der Waals surface area contributed by atoms with Crippen LogP contribution < -0.4 is 5.73 Å². The van der Waals surface area contributed by atoms with Gasteiger partial charge in [-0.05, 0) is 30.5 Å². The largest absolute Gasteiger partial charge is 0.322 e. The van der Waals surface area contributed by atoms with Crippen molar-refractivity contribution in [2.75, 3.05) is 0 Å². The second-order valence-corrected chi connectivity index (χ2v) is 5.96. The van der Waals surface area contributed by atoms with Crippen LogP contribution in [0.25, 0.3) is 15.2 Å². The molecule has 94 valence electrons. The average molecular weight is 260 g/mol. The zero-order chi connectivity index (χ0) is 12.9. The van der Waals surface area contributed by atoms with Gasteiger partial charge in [0, 0.05) is 0 Å². The summed E-state index contributed by atoms with van der Waals surface area (Å²) >= 11 is 1.67. The molecule has 0 aliphatic carbocycles. The highest BCUT2D eigenvalue weighted by atomic mass is 32.1. The van der Waals surface area contributed by atoms with Crippen molar-refractivity contribution in [3.8, 4) is 0 Å². The Balaban J connectivity index is 2.32. The molecule has 5 heteroatoms. The lowest BCUT2D eigenvalue weighted by Gasteiger charge is -2.05. The minimum Gasteiger partial charge on any atom is -0.322 e. The molecule has 3 aromatic rings. The van der Waals surface area contributed by atoms with Gasteiger partial charge in [0.25, 0.3) is 0 Å². The first-order valence-electron chi connectivity index (χ1n) is 6.11. The number of nitrogens with two attached hydrogens (primary N) is 1. The Kier molecular flexibility index (Phi) is 2.60. The highest BCUT2D eigenvalue weighted by Crippen LogP contribution is 2.30. The molecule has 0 aliphatic rings. The lowest BCUT2D eigenvalue weighted by molar-refractivity contribution is 0.732. The van der Waals surface area contributed by atoms with E-state index in [1.54, 1.807) is 11.3 Å². The Labute approximate surface area is 109 Å². The van der Waals surface area contributed by atoms with Crippen molar-refractivity contribution in [2.24, 2.45) is 5.73 Å². The number of aromatic nitrogens is 3. The molecular weight excluding hydrogens is 244 g/mol. The molecule has 18 heavy (non-hydrogen) atoms. The van der Waals surface area contributed by atoms with E-state index in [1.165, 1.54) is 10.3 Å². The molecule has 3 rings (SSSR count). The molecule has 2 aromatic heterocycles. The molecule has 2 N–H and O–H groups in total. The zero-order valence-corrected chi connectivity index (χ0v) is 11.5. The minimum absolute atomic E-state index is 0.109. The predicted molar refractivity (Wildman–Crippen MR) is 75.1 cm³/mol. The summed E-state index contributed by atoms with van der Waals surface area (Å²) in [4.78, 5) is 0.915. The van der Waals surface area contributed by atoms with E-state index in [4.69, 9.17) is 5.73 Å². The SMILES string of the molecule is CC(C)c1ccc2c(c1)sc1nnc(C(C)N)n12. The summed E-state index contributed by atoms with van der Waals surface area (Å²) in [6, 6.07) is 6.44. The third-order valence-electron chi connectivity index (χ3n) is 3.16. The van der Waals surface area contributed by atoms with Crippen molar-refractivity contribution in [1.29, 1.82) is 0 Å². The van der Waals surface area contributed by atoms with Crippen LogP contribution >= 0.6 is 11.3 Å². The first kappa shape index (κ1) is 11.6. The van der Waals surface area contributed by atoms with E-state index in [1.807, 2.05) is 6.92 Å². The standard InChI is InChI=1S/C13H16N4S/c1-7(2)9-4-5-10-11(6-9)18-13-16-15-12(8(3)14)17(10)13/h4-8H,14H2,1-3H3. The van der Waals surface area contributed by atoms with Crippen LogP contribution in [-0.4, -0.2) is 14.6 Å². The number of rotatable bonds is 2. The summed E-state index contributed by atoms with van der Waals surface area (Å²) in [6.07, 6.45) is 0. The maximum atomic E-state index is 5.93. The molecule has 0 spiro atoms. The number of nitrogens with zero attached hydrogens (tertiary/aromatic N) is 3. The van der Waals surface area contributed by atoms with Gasteiger partial charge >= 0.3 is 0 Å². The number of benzene rings is 1. The number of hydrogen-bond acceptors (Lipinski definition) is 4. The second kappa shape index (κ2) is 4.03. The number of hydrogen-bond donors (Lipinski definition) is 1. The maximum Gasteiger partial charge on any atom is 0.217 e. The maximum absolute atomic E-state index is 5.93. The van der Waals surface area contributed by atoms with Gasteiger partial charge in [0.2, 0.25) is 4.96 Å². The Bertz CT molecular complexity index is 708. The van der Waals surface area contributed by atoms with Crippen LogP contribution in [-0.2, 0) is 0 Å². The summed E-state index contributed by atoms with van der Waals surface area (Å²) < 4.78 is 3.31. The van der Waals surface area contributed by atoms with Crippen molar-refractivity contribution in [3.05, 3.63) is 29.6 Å². The molecule has 4 nitrogen and oxygen atoms in total. The Morgan fingerprint density at radius 3 is 2.67 bits per heavy atom. The highest BCUT2D eigenvalue weighted by molar-refractivity contribution is 7.23. The van der Waals surface area contributed by atoms with Gasteiger partial charge in [0.1, 0.15) is 0 Å². The fraction of sp³-hybridized carbons (Fsp3) is 0.385. The van der Waals surface area contributed by atoms with E-state index in [2.05, 4.69) is 46.6 Å². The van der Waals surface area contributed by atoms with Gasteiger partial charge in [-0.1, -0.05) is 31.3 Å².